The van der Waals surface area contributed by atoms with Crippen LogP contribution < -0.4 is 5.56 Å². The van der Waals surface area contributed by atoms with E-state index in [4.69, 9.17) is 5.26 Å². The van der Waals surface area contributed by atoms with Gasteiger partial charge in [0, 0.05) is 5.69 Å². The second kappa shape index (κ2) is 5.11. The lowest BCUT2D eigenvalue weighted by molar-refractivity contribution is 0.723. The number of aromatic nitrogens is 1. The highest BCUT2D eigenvalue weighted by Crippen LogP contribution is 2.12. The second-order valence-electron chi connectivity index (χ2n) is 4.82. The van der Waals surface area contributed by atoms with E-state index in [1.165, 1.54) is 5.56 Å². The minimum atomic E-state index is -0.219. The van der Waals surface area contributed by atoms with Crippen LogP contribution in [0.5, 0.6) is 0 Å². The summed E-state index contributed by atoms with van der Waals surface area (Å²) in [5.74, 6) is 0. The Morgan fingerprint density at radius 3 is 2.58 bits per heavy atom. The highest BCUT2D eigenvalue weighted by Gasteiger charge is 2.08. The molecule has 0 aliphatic carbocycles. The quantitative estimate of drug-likeness (QED) is 0.825. The molecule has 1 heterocycles. The zero-order valence-corrected chi connectivity index (χ0v) is 11.4. The monoisotopic (exact) mass is 252 g/mol. The molecule has 0 unspecified atom stereocenters. The summed E-state index contributed by atoms with van der Waals surface area (Å²) in [5.41, 5.74) is 4.27. The minimum absolute atomic E-state index is 0.191. The molecule has 0 atom stereocenters. The second-order valence-corrected chi connectivity index (χ2v) is 4.82. The average molecular weight is 252 g/mol. The smallest absolute Gasteiger partial charge is 0.268 e. The van der Waals surface area contributed by atoms with Crippen molar-refractivity contribution in [1.82, 2.24) is 4.57 Å². The van der Waals surface area contributed by atoms with Crippen LogP contribution in [-0.2, 0) is 6.54 Å². The molecule has 0 saturated carbocycles. The number of nitrogens with zero attached hydrogens (tertiary/aromatic N) is 2. The Morgan fingerprint density at radius 1 is 1.16 bits per heavy atom. The molecule has 0 amide bonds. The standard InChI is InChI=1S/C16H16N2O/c1-11-4-5-12(2)15(8-11)10-18-13(3)6-7-14(9-17)16(18)19/h4-8H,10H2,1-3H3. The first-order valence-corrected chi connectivity index (χ1v) is 6.19. The van der Waals surface area contributed by atoms with Crippen molar-refractivity contribution in [3.05, 3.63) is 68.6 Å². The summed E-state index contributed by atoms with van der Waals surface area (Å²) >= 11 is 0. The van der Waals surface area contributed by atoms with Gasteiger partial charge in [0.2, 0.25) is 0 Å². The van der Waals surface area contributed by atoms with Gasteiger partial charge in [0.15, 0.2) is 0 Å². The van der Waals surface area contributed by atoms with Gasteiger partial charge in [-0.15, -0.1) is 0 Å². The molecule has 3 nitrogen and oxygen atoms in total. The lowest BCUT2D eigenvalue weighted by Gasteiger charge is -2.12. The summed E-state index contributed by atoms with van der Waals surface area (Å²) in [6, 6.07) is 11.5. The Hall–Kier alpha value is -2.34. The fourth-order valence-corrected chi connectivity index (χ4v) is 2.09. The van der Waals surface area contributed by atoms with Crippen molar-refractivity contribution < 1.29 is 0 Å². The number of benzene rings is 1. The Kier molecular flexibility index (Phi) is 3.52. The largest absolute Gasteiger partial charge is 0.307 e. The third-order valence-electron chi connectivity index (χ3n) is 3.35. The molecule has 0 bridgehead atoms. The molecule has 19 heavy (non-hydrogen) atoms. The van der Waals surface area contributed by atoms with E-state index in [9.17, 15) is 4.79 Å². The molecule has 0 saturated heterocycles. The third kappa shape index (κ3) is 2.58. The molecule has 0 aliphatic rings. The van der Waals surface area contributed by atoms with Crippen LogP contribution in [0.1, 0.15) is 27.9 Å². The Balaban J connectivity index is 2.53. The molecule has 0 radical (unpaired) electrons. The van der Waals surface area contributed by atoms with Gasteiger partial charge in [-0.1, -0.05) is 23.8 Å². The number of rotatable bonds is 2. The van der Waals surface area contributed by atoms with E-state index in [-0.39, 0.29) is 11.1 Å². The molecule has 0 N–H and O–H groups in total. The van der Waals surface area contributed by atoms with Gasteiger partial charge < -0.3 is 4.57 Å². The number of pyridine rings is 1. The zero-order chi connectivity index (χ0) is 14.0. The van der Waals surface area contributed by atoms with Gasteiger partial charge in [-0.2, -0.15) is 5.26 Å². The molecule has 0 fully saturated rings. The van der Waals surface area contributed by atoms with Crippen LogP contribution in [0, 0.1) is 32.1 Å². The van der Waals surface area contributed by atoms with Gasteiger partial charge in [0.1, 0.15) is 11.6 Å². The van der Waals surface area contributed by atoms with Gasteiger partial charge in [0.05, 0.1) is 6.54 Å². The van der Waals surface area contributed by atoms with E-state index < -0.39 is 0 Å². The first-order chi connectivity index (χ1) is 9.02. The Labute approximate surface area is 112 Å². The van der Waals surface area contributed by atoms with Crippen LogP contribution >= 0.6 is 0 Å². The molecular weight excluding hydrogens is 236 g/mol. The normalized spacial score (nSPS) is 10.2. The first-order valence-electron chi connectivity index (χ1n) is 6.19. The molecule has 0 spiro atoms. The minimum Gasteiger partial charge on any atom is -0.307 e. The fraction of sp³-hybridized carbons (Fsp3) is 0.250. The maximum atomic E-state index is 12.2. The van der Waals surface area contributed by atoms with E-state index in [0.29, 0.717) is 6.54 Å². The third-order valence-corrected chi connectivity index (χ3v) is 3.35. The SMILES string of the molecule is Cc1ccc(C)c(Cn2c(C)ccc(C#N)c2=O)c1. The maximum absolute atomic E-state index is 12.2. The molecule has 3 heteroatoms. The van der Waals surface area contributed by atoms with Crippen LogP contribution in [0.3, 0.4) is 0 Å². The van der Waals surface area contributed by atoms with Gasteiger partial charge in [-0.05, 0) is 44.0 Å². The number of aryl methyl sites for hydroxylation is 3. The van der Waals surface area contributed by atoms with Crippen molar-refractivity contribution in [3.63, 3.8) is 0 Å². The first kappa shape index (κ1) is 13.1. The topological polar surface area (TPSA) is 45.8 Å². The molecule has 2 rings (SSSR count). The Morgan fingerprint density at radius 2 is 1.89 bits per heavy atom. The lowest BCUT2D eigenvalue weighted by Crippen LogP contribution is -2.25. The van der Waals surface area contributed by atoms with E-state index in [0.717, 1.165) is 16.8 Å². The van der Waals surface area contributed by atoms with E-state index in [2.05, 4.69) is 18.2 Å². The number of hydrogen-bond acceptors (Lipinski definition) is 2. The van der Waals surface area contributed by atoms with Gasteiger partial charge in [0.25, 0.3) is 5.56 Å². The molecule has 1 aromatic carbocycles. The number of nitriles is 1. The average Bonchev–Trinajstić information content (AvgIpc) is 2.38. The zero-order valence-electron chi connectivity index (χ0n) is 11.4. The molecule has 1 aromatic heterocycles. The fourth-order valence-electron chi connectivity index (χ4n) is 2.09. The Bertz CT molecular complexity index is 721. The predicted molar refractivity (Wildman–Crippen MR) is 75.2 cm³/mol. The maximum Gasteiger partial charge on any atom is 0.268 e. The van der Waals surface area contributed by atoms with E-state index in [1.807, 2.05) is 32.9 Å². The summed E-state index contributed by atoms with van der Waals surface area (Å²) in [7, 11) is 0. The van der Waals surface area contributed by atoms with Crippen molar-refractivity contribution in [2.75, 3.05) is 0 Å². The van der Waals surface area contributed by atoms with Crippen LogP contribution in [0.2, 0.25) is 0 Å². The van der Waals surface area contributed by atoms with E-state index >= 15 is 0 Å². The molecule has 2 aromatic rings. The van der Waals surface area contributed by atoms with Crippen molar-refractivity contribution in [2.24, 2.45) is 0 Å². The van der Waals surface area contributed by atoms with Gasteiger partial charge in [-0.3, -0.25) is 4.79 Å². The van der Waals surface area contributed by atoms with Crippen LogP contribution in [0.15, 0.2) is 35.1 Å². The van der Waals surface area contributed by atoms with Gasteiger partial charge in [-0.25, -0.2) is 0 Å². The summed E-state index contributed by atoms with van der Waals surface area (Å²) < 4.78 is 1.65. The highest BCUT2D eigenvalue weighted by atomic mass is 16.1. The van der Waals surface area contributed by atoms with Gasteiger partial charge >= 0.3 is 0 Å². The van der Waals surface area contributed by atoms with E-state index in [1.54, 1.807) is 10.6 Å². The number of hydrogen-bond donors (Lipinski definition) is 0. The van der Waals surface area contributed by atoms with Crippen molar-refractivity contribution in [2.45, 2.75) is 27.3 Å². The predicted octanol–water partition coefficient (Wildman–Crippen LogP) is 2.69. The van der Waals surface area contributed by atoms with Crippen molar-refractivity contribution in [1.29, 1.82) is 5.26 Å². The summed E-state index contributed by atoms with van der Waals surface area (Å²) in [6.45, 7) is 6.45. The van der Waals surface area contributed by atoms with Crippen LogP contribution in [0.4, 0.5) is 0 Å². The highest BCUT2D eigenvalue weighted by molar-refractivity contribution is 5.32. The summed E-state index contributed by atoms with van der Waals surface area (Å²) in [4.78, 5) is 12.2. The van der Waals surface area contributed by atoms with Crippen LogP contribution in [-0.4, -0.2) is 4.57 Å². The molecule has 0 aliphatic heterocycles. The molecular formula is C16H16N2O. The lowest BCUT2D eigenvalue weighted by atomic mass is 10.1. The van der Waals surface area contributed by atoms with Crippen molar-refractivity contribution >= 4 is 0 Å². The summed E-state index contributed by atoms with van der Waals surface area (Å²) in [5, 5.41) is 8.94. The van der Waals surface area contributed by atoms with Crippen molar-refractivity contribution in [3.8, 4) is 6.07 Å². The molecule has 96 valence electrons. The summed E-state index contributed by atoms with van der Waals surface area (Å²) in [6.07, 6.45) is 0. The van der Waals surface area contributed by atoms with Crippen LogP contribution in [0.25, 0.3) is 0 Å².